The van der Waals surface area contributed by atoms with Crippen molar-refractivity contribution in [3.63, 3.8) is 0 Å². The first-order valence-electron chi connectivity index (χ1n) is 7.05. The molecule has 0 bridgehead atoms. The molecule has 4 aromatic carbocycles. The summed E-state index contributed by atoms with van der Waals surface area (Å²) in [6, 6.07) is 22.3. The van der Waals surface area contributed by atoms with Gasteiger partial charge in [-0.2, -0.15) is 0 Å². The Morgan fingerprint density at radius 2 is 0.857 bits per heavy atom. The van der Waals surface area contributed by atoms with E-state index < -0.39 is 0 Å². The maximum absolute atomic E-state index is 2.30. The van der Waals surface area contributed by atoms with Crippen LogP contribution < -0.4 is 0 Å². The maximum atomic E-state index is 2.30. The lowest BCUT2D eigenvalue weighted by molar-refractivity contribution is 1.50. The molecule has 21 heavy (non-hydrogen) atoms. The predicted octanol–water partition coefficient (Wildman–Crippen LogP) is 6.40. The molecule has 0 aromatic heterocycles. The minimum atomic E-state index is 0. The SMILES string of the molecule is C.Cc1ccc2c3ccc(C)cc3c3ccccc3c2c1. The summed E-state index contributed by atoms with van der Waals surface area (Å²) in [6.45, 7) is 4.32. The molecular formula is C21H20. The van der Waals surface area contributed by atoms with Crippen LogP contribution in [0.1, 0.15) is 18.6 Å². The number of rotatable bonds is 0. The molecule has 0 N–H and O–H groups in total. The van der Waals surface area contributed by atoms with E-state index >= 15 is 0 Å². The summed E-state index contributed by atoms with van der Waals surface area (Å²) in [5.41, 5.74) is 2.63. The third-order valence-electron chi connectivity index (χ3n) is 4.15. The summed E-state index contributed by atoms with van der Waals surface area (Å²) in [5.74, 6) is 0. The van der Waals surface area contributed by atoms with Gasteiger partial charge in [-0.1, -0.05) is 79.2 Å². The highest BCUT2D eigenvalue weighted by atomic mass is 14.1. The highest BCUT2D eigenvalue weighted by molar-refractivity contribution is 6.25. The lowest BCUT2D eigenvalue weighted by Crippen LogP contribution is -1.85. The van der Waals surface area contributed by atoms with E-state index in [1.54, 1.807) is 0 Å². The first-order chi connectivity index (χ1) is 9.74. The Balaban J connectivity index is 0.00000132. The first kappa shape index (κ1) is 13.6. The fraction of sp³-hybridized carbons (Fsp3) is 0.143. The normalized spacial score (nSPS) is 11.0. The van der Waals surface area contributed by atoms with E-state index in [1.807, 2.05) is 0 Å². The van der Waals surface area contributed by atoms with Crippen LogP contribution in [0.4, 0.5) is 0 Å². The monoisotopic (exact) mass is 272 g/mol. The van der Waals surface area contributed by atoms with Crippen LogP contribution in [0.3, 0.4) is 0 Å². The average molecular weight is 272 g/mol. The van der Waals surface area contributed by atoms with Gasteiger partial charge in [-0.05, 0) is 46.2 Å². The van der Waals surface area contributed by atoms with Crippen molar-refractivity contribution in [1.29, 1.82) is 0 Å². The summed E-state index contributed by atoms with van der Waals surface area (Å²) >= 11 is 0. The van der Waals surface area contributed by atoms with Crippen molar-refractivity contribution in [3.05, 3.63) is 71.8 Å². The molecule has 0 aliphatic carbocycles. The van der Waals surface area contributed by atoms with Crippen LogP contribution in [0.2, 0.25) is 0 Å². The van der Waals surface area contributed by atoms with E-state index in [9.17, 15) is 0 Å². The quantitative estimate of drug-likeness (QED) is 0.325. The molecule has 104 valence electrons. The van der Waals surface area contributed by atoms with Crippen molar-refractivity contribution in [2.45, 2.75) is 21.3 Å². The summed E-state index contributed by atoms with van der Waals surface area (Å²) in [4.78, 5) is 0. The second-order valence-electron chi connectivity index (χ2n) is 5.64. The molecule has 0 nitrogen and oxygen atoms in total. The number of benzene rings is 4. The fourth-order valence-electron chi connectivity index (χ4n) is 3.18. The molecule has 0 unspecified atom stereocenters. The van der Waals surface area contributed by atoms with Crippen molar-refractivity contribution in [2.75, 3.05) is 0 Å². The number of fused-ring (bicyclic) bond motifs is 6. The van der Waals surface area contributed by atoms with Crippen LogP contribution in [0, 0.1) is 13.8 Å². The minimum absolute atomic E-state index is 0. The van der Waals surface area contributed by atoms with Gasteiger partial charge in [0.1, 0.15) is 0 Å². The molecule has 4 aromatic rings. The third kappa shape index (κ3) is 1.99. The summed E-state index contributed by atoms with van der Waals surface area (Å²) in [5, 5.41) is 8.12. The van der Waals surface area contributed by atoms with Crippen LogP contribution in [0.25, 0.3) is 32.3 Å². The highest BCUT2D eigenvalue weighted by Crippen LogP contribution is 2.35. The molecule has 0 saturated carbocycles. The van der Waals surface area contributed by atoms with Gasteiger partial charge in [-0.15, -0.1) is 0 Å². The zero-order chi connectivity index (χ0) is 13.7. The van der Waals surface area contributed by atoms with Crippen LogP contribution in [-0.2, 0) is 0 Å². The number of aryl methyl sites for hydroxylation is 2. The molecule has 0 aliphatic heterocycles. The minimum Gasteiger partial charge on any atom is -0.0776 e. The summed E-state index contributed by atoms with van der Waals surface area (Å²) in [7, 11) is 0. The Morgan fingerprint density at radius 1 is 0.476 bits per heavy atom. The molecule has 0 saturated heterocycles. The predicted molar refractivity (Wildman–Crippen MR) is 95.2 cm³/mol. The van der Waals surface area contributed by atoms with Crippen molar-refractivity contribution in [3.8, 4) is 0 Å². The van der Waals surface area contributed by atoms with Crippen LogP contribution in [0.15, 0.2) is 60.7 Å². The Hall–Kier alpha value is -2.34. The maximum Gasteiger partial charge on any atom is -0.00963 e. The lowest BCUT2D eigenvalue weighted by Gasteiger charge is -2.11. The van der Waals surface area contributed by atoms with Crippen LogP contribution in [-0.4, -0.2) is 0 Å². The topological polar surface area (TPSA) is 0 Å². The number of hydrogen-bond donors (Lipinski definition) is 0. The molecule has 0 amide bonds. The van der Waals surface area contributed by atoms with Gasteiger partial charge in [-0.3, -0.25) is 0 Å². The van der Waals surface area contributed by atoms with E-state index in [4.69, 9.17) is 0 Å². The molecule has 0 spiro atoms. The van der Waals surface area contributed by atoms with Gasteiger partial charge in [0.15, 0.2) is 0 Å². The first-order valence-corrected chi connectivity index (χ1v) is 7.05. The average Bonchev–Trinajstić information content (AvgIpc) is 2.47. The van der Waals surface area contributed by atoms with Gasteiger partial charge in [0.2, 0.25) is 0 Å². The largest absolute Gasteiger partial charge is 0.0776 e. The molecule has 0 aliphatic rings. The lowest BCUT2D eigenvalue weighted by atomic mass is 9.93. The fourth-order valence-corrected chi connectivity index (χ4v) is 3.18. The summed E-state index contributed by atoms with van der Waals surface area (Å²) in [6.07, 6.45) is 0. The molecule has 0 atom stereocenters. The highest BCUT2D eigenvalue weighted by Gasteiger charge is 2.08. The number of hydrogen-bond acceptors (Lipinski definition) is 0. The Bertz CT molecular complexity index is 861. The molecule has 0 heterocycles. The van der Waals surface area contributed by atoms with Crippen molar-refractivity contribution < 1.29 is 0 Å². The van der Waals surface area contributed by atoms with Gasteiger partial charge in [0, 0.05) is 0 Å². The van der Waals surface area contributed by atoms with Crippen molar-refractivity contribution >= 4 is 32.3 Å². The van der Waals surface area contributed by atoms with E-state index in [2.05, 4.69) is 74.5 Å². The zero-order valence-corrected chi connectivity index (χ0v) is 11.8. The third-order valence-corrected chi connectivity index (χ3v) is 4.15. The van der Waals surface area contributed by atoms with Crippen molar-refractivity contribution in [2.24, 2.45) is 0 Å². The molecule has 0 radical (unpaired) electrons. The second kappa shape index (κ2) is 4.89. The van der Waals surface area contributed by atoms with E-state index in [0.717, 1.165) is 0 Å². The second-order valence-corrected chi connectivity index (χ2v) is 5.64. The zero-order valence-electron chi connectivity index (χ0n) is 11.8. The van der Waals surface area contributed by atoms with Crippen LogP contribution >= 0.6 is 0 Å². The standard InChI is InChI=1S/C20H16.CH4/c1-13-7-9-17-18-10-8-14(2)12-20(18)16-6-4-3-5-15(16)19(17)11-13;/h3-12H,1-2H3;1H4. The Labute approximate surface area is 126 Å². The molecule has 0 fully saturated rings. The van der Waals surface area contributed by atoms with Gasteiger partial charge in [0.05, 0.1) is 0 Å². The van der Waals surface area contributed by atoms with Crippen LogP contribution in [0.5, 0.6) is 0 Å². The van der Waals surface area contributed by atoms with E-state index in [-0.39, 0.29) is 7.43 Å². The molecular weight excluding hydrogens is 252 g/mol. The Kier molecular flexibility index (Phi) is 3.17. The van der Waals surface area contributed by atoms with Gasteiger partial charge in [-0.25, -0.2) is 0 Å². The van der Waals surface area contributed by atoms with Gasteiger partial charge < -0.3 is 0 Å². The Morgan fingerprint density at radius 3 is 1.29 bits per heavy atom. The van der Waals surface area contributed by atoms with Gasteiger partial charge in [0.25, 0.3) is 0 Å². The van der Waals surface area contributed by atoms with E-state index in [0.29, 0.717) is 0 Å². The van der Waals surface area contributed by atoms with Gasteiger partial charge >= 0.3 is 0 Å². The molecule has 4 rings (SSSR count). The smallest absolute Gasteiger partial charge is 0.00963 e. The summed E-state index contributed by atoms with van der Waals surface area (Å²) < 4.78 is 0. The van der Waals surface area contributed by atoms with Crippen molar-refractivity contribution in [1.82, 2.24) is 0 Å². The molecule has 0 heteroatoms. The van der Waals surface area contributed by atoms with E-state index in [1.165, 1.54) is 43.4 Å².